The average molecular weight is 158 g/mol. The molecular formula is C8H14O3. The molecule has 1 heterocycles. The van der Waals surface area contributed by atoms with Crippen molar-refractivity contribution in [2.75, 3.05) is 7.11 Å². The Morgan fingerprint density at radius 2 is 2.18 bits per heavy atom. The minimum Gasteiger partial charge on any atom is -0.469 e. The van der Waals surface area contributed by atoms with Gasteiger partial charge in [-0.1, -0.05) is 0 Å². The zero-order chi connectivity index (χ0) is 8.43. The van der Waals surface area contributed by atoms with Crippen molar-refractivity contribution in [3.8, 4) is 0 Å². The Morgan fingerprint density at radius 1 is 1.55 bits per heavy atom. The second-order valence-corrected chi connectivity index (χ2v) is 3.02. The molecule has 64 valence electrons. The zero-order valence-electron chi connectivity index (χ0n) is 7.16. The van der Waals surface area contributed by atoms with E-state index < -0.39 is 0 Å². The highest BCUT2D eigenvalue weighted by Gasteiger charge is 2.35. The lowest BCUT2D eigenvalue weighted by Gasteiger charge is -2.09. The van der Waals surface area contributed by atoms with Gasteiger partial charge in [-0.25, -0.2) is 0 Å². The van der Waals surface area contributed by atoms with Crippen molar-refractivity contribution in [2.45, 2.75) is 32.5 Å². The van der Waals surface area contributed by atoms with Gasteiger partial charge in [0.1, 0.15) is 0 Å². The molecule has 0 radical (unpaired) electrons. The van der Waals surface area contributed by atoms with Crippen molar-refractivity contribution >= 4 is 5.97 Å². The summed E-state index contributed by atoms with van der Waals surface area (Å²) >= 11 is 0. The summed E-state index contributed by atoms with van der Waals surface area (Å²) in [5.74, 6) is -0.211. The molecular weight excluding hydrogens is 144 g/mol. The molecule has 0 aromatic carbocycles. The van der Waals surface area contributed by atoms with Gasteiger partial charge in [-0.05, 0) is 20.3 Å². The Balaban J connectivity index is 2.52. The summed E-state index contributed by atoms with van der Waals surface area (Å²) in [5, 5.41) is 0. The maximum Gasteiger partial charge on any atom is 0.311 e. The number of carbonyl (C=O) groups excluding carboxylic acids is 1. The number of rotatable bonds is 1. The summed E-state index contributed by atoms with van der Waals surface area (Å²) in [4.78, 5) is 11.1. The maximum absolute atomic E-state index is 11.1. The van der Waals surface area contributed by atoms with Crippen molar-refractivity contribution < 1.29 is 14.3 Å². The van der Waals surface area contributed by atoms with Crippen LogP contribution in [-0.2, 0) is 14.3 Å². The summed E-state index contributed by atoms with van der Waals surface area (Å²) in [6.07, 6.45) is 0.986. The van der Waals surface area contributed by atoms with Gasteiger partial charge in [-0.3, -0.25) is 4.79 Å². The molecule has 0 aromatic rings. The summed E-state index contributed by atoms with van der Waals surface area (Å²) in [6.45, 7) is 3.88. The average Bonchev–Trinajstić information content (AvgIpc) is 2.28. The molecule has 11 heavy (non-hydrogen) atoms. The van der Waals surface area contributed by atoms with Gasteiger partial charge in [-0.2, -0.15) is 0 Å². The van der Waals surface area contributed by atoms with Crippen molar-refractivity contribution in [1.29, 1.82) is 0 Å². The van der Waals surface area contributed by atoms with Crippen LogP contribution in [0.25, 0.3) is 0 Å². The number of hydrogen-bond donors (Lipinski definition) is 0. The van der Waals surface area contributed by atoms with Crippen LogP contribution < -0.4 is 0 Å². The highest BCUT2D eigenvalue weighted by Crippen LogP contribution is 2.26. The second-order valence-electron chi connectivity index (χ2n) is 3.02. The van der Waals surface area contributed by atoms with Crippen molar-refractivity contribution in [2.24, 2.45) is 5.92 Å². The predicted molar refractivity (Wildman–Crippen MR) is 40.1 cm³/mol. The molecule has 1 rings (SSSR count). The fourth-order valence-corrected chi connectivity index (χ4v) is 1.51. The SMILES string of the molecule is COC(=O)[C@@H]1C[C@@H](C)O[C@H]1C. The van der Waals surface area contributed by atoms with Crippen LogP contribution in [0.1, 0.15) is 20.3 Å². The first-order valence-corrected chi connectivity index (χ1v) is 3.88. The zero-order valence-corrected chi connectivity index (χ0v) is 7.16. The Hall–Kier alpha value is -0.570. The molecule has 1 aliphatic rings. The normalized spacial score (nSPS) is 37.2. The first kappa shape index (κ1) is 8.53. The summed E-state index contributed by atoms with van der Waals surface area (Å²) in [5.41, 5.74) is 0. The van der Waals surface area contributed by atoms with Gasteiger partial charge < -0.3 is 9.47 Å². The largest absolute Gasteiger partial charge is 0.469 e. The first-order valence-electron chi connectivity index (χ1n) is 3.88. The standard InChI is InChI=1S/C8H14O3/c1-5-4-7(6(2)11-5)8(9)10-3/h5-7H,4H2,1-3H3/t5-,6+,7-/m1/s1. The van der Waals surface area contributed by atoms with E-state index in [1.807, 2.05) is 13.8 Å². The highest BCUT2D eigenvalue weighted by atomic mass is 16.5. The van der Waals surface area contributed by atoms with Crippen LogP contribution in [-0.4, -0.2) is 25.3 Å². The van der Waals surface area contributed by atoms with E-state index in [0.717, 1.165) is 6.42 Å². The van der Waals surface area contributed by atoms with Gasteiger partial charge in [0.2, 0.25) is 0 Å². The Kier molecular flexibility index (Phi) is 2.49. The fraction of sp³-hybridized carbons (Fsp3) is 0.875. The van der Waals surface area contributed by atoms with E-state index in [1.54, 1.807) is 0 Å². The molecule has 0 N–H and O–H groups in total. The number of methoxy groups -OCH3 is 1. The van der Waals surface area contributed by atoms with Gasteiger partial charge in [0.25, 0.3) is 0 Å². The molecule has 0 aromatic heterocycles. The van der Waals surface area contributed by atoms with E-state index in [9.17, 15) is 4.79 Å². The minimum atomic E-state index is -0.151. The quantitative estimate of drug-likeness (QED) is 0.533. The highest BCUT2D eigenvalue weighted by molar-refractivity contribution is 5.73. The molecule has 1 aliphatic heterocycles. The van der Waals surface area contributed by atoms with Crippen LogP contribution >= 0.6 is 0 Å². The third kappa shape index (κ3) is 1.71. The first-order chi connectivity index (χ1) is 5.15. The summed E-state index contributed by atoms with van der Waals surface area (Å²) in [7, 11) is 1.41. The van der Waals surface area contributed by atoms with Crippen molar-refractivity contribution in [3.05, 3.63) is 0 Å². The van der Waals surface area contributed by atoms with Gasteiger partial charge >= 0.3 is 5.97 Å². The van der Waals surface area contributed by atoms with Gasteiger partial charge in [0.05, 0.1) is 25.2 Å². The van der Waals surface area contributed by atoms with Crippen LogP contribution in [0.15, 0.2) is 0 Å². The summed E-state index contributed by atoms with van der Waals surface area (Å²) < 4.78 is 10.0. The predicted octanol–water partition coefficient (Wildman–Crippen LogP) is 0.973. The van der Waals surface area contributed by atoms with Crippen LogP contribution in [0.3, 0.4) is 0 Å². The lowest BCUT2D eigenvalue weighted by atomic mass is 10.0. The molecule has 0 spiro atoms. The third-order valence-corrected chi connectivity index (χ3v) is 2.10. The molecule has 3 heteroatoms. The summed E-state index contributed by atoms with van der Waals surface area (Å²) in [6, 6.07) is 0. The topological polar surface area (TPSA) is 35.5 Å². The molecule has 0 unspecified atom stereocenters. The maximum atomic E-state index is 11.1. The number of esters is 1. The number of hydrogen-bond acceptors (Lipinski definition) is 3. The van der Waals surface area contributed by atoms with Crippen molar-refractivity contribution in [1.82, 2.24) is 0 Å². The van der Waals surface area contributed by atoms with Gasteiger partial charge in [0.15, 0.2) is 0 Å². The molecule has 0 saturated carbocycles. The molecule has 1 saturated heterocycles. The van der Waals surface area contributed by atoms with Gasteiger partial charge in [0, 0.05) is 0 Å². The Bertz CT molecular complexity index is 155. The van der Waals surface area contributed by atoms with Crippen LogP contribution in [0.5, 0.6) is 0 Å². The molecule has 3 atom stereocenters. The lowest BCUT2D eigenvalue weighted by molar-refractivity contribution is -0.146. The molecule has 0 amide bonds. The molecule has 3 nitrogen and oxygen atoms in total. The third-order valence-electron chi connectivity index (χ3n) is 2.10. The second kappa shape index (κ2) is 3.22. The van der Waals surface area contributed by atoms with Crippen LogP contribution in [0.4, 0.5) is 0 Å². The van der Waals surface area contributed by atoms with E-state index in [0.29, 0.717) is 0 Å². The van der Waals surface area contributed by atoms with E-state index in [1.165, 1.54) is 7.11 Å². The van der Waals surface area contributed by atoms with E-state index in [4.69, 9.17) is 4.74 Å². The Morgan fingerprint density at radius 3 is 2.55 bits per heavy atom. The van der Waals surface area contributed by atoms with Crippen molar-refractivity contribution in [3.63, 3.8) is 0 Å². The molecule has 0 aliphatic carbocycles. The van der Waals surface area contributed by atoms with E-state index in [2.05, 4.69) is 4.74 Å². The fourth-order valence-electron chi connectivity index (χ4n) is 1.51. The number of carbonyl (C=O) groups is 1. The smallest absolute Gasteiger partial charge is 0.311 e. The van der Waals surface area contributed by atoms with E-state index >= 15 is 0 Å². The van der Waals surface area contributed by atoms with E-state index in [-0.39, 0.29) is 24.1 Å². The lowest BCUT2D eigenvalue weighted by Crippen LogP contribution is -2.22. The molecule has 1 fully saturated rings. The van der Waals surface area contributed by atoms with Crippen LogP contribution in [0, 0.1) is 5.92 Å². The Labute approximate surface area is 66.7 Å². The monoisotopic (exact) mass is 158 g/mol. The minimum absolute atomic E-state index is 0.0115. The molecule has 0 bridgehead atoms. The van der Waals surface area contributed by atoms with Gasteiger partial charge in [-0.15, -0.1) is 0 Å². The van der Waals surface area contributed by atoms with Crippen LogP contribution in [0.2, 0.25) is 0 Å². The number of ether oxygens (including phenoxy) is 2.